The van der Waals surface area contributed by atoms with E-state index in [1.165, 1.54) is 0 Å². The summed E-state index contributed by atoms with van der Waals surface area (Å²) in [5, 5.41) is 8.65. The molecule has 1 heterocycles. The third kappa shape index (κ3) is 5.09. The first-order chi connectivity index (χ1) is 9.42. The van der Waals surface area contributed by atoms with Gasteiger partial charge < -0.3 is 9.84 Å². The Hall–Kier alpha value is -1.47. The minimum atomic E-state index is -4.55. The fourth-order valence-corrected chi connectivity index (χ4v) is 2.37. The molecule has 0 bridgehead atoms. The number of carboxylic acid groups (broad SMARTS) is 1. The van der Waals surface area contributed by atoms with E-state index in [1.54, 1.807) is 20.8 Å². The monoisotopic (exact) mass is 311 g/mol. The Bertz CT molecular complexity index is 403. The maximum atomic E-state index is 13.0. The molecule has 0 aliphatic carbocycles. The number of nitrogens with zero attached hydrogens (tertiary/aromatic N) is 1. The number of aliphatic carboxylic acids is 1. The van der Waals surface area contributed by atoms with Crippen LogP contribution in [0.1, 0.15) is 46.5 Å². The van der Waals surface area contributed by atoms with Crippen LogP contribution in [0, 0.1) is 0 Å². The number of likely N-dealkylation sites (tertiary alicyclic amines) is 1. The highest BCUT2D eigenvalue weighted by Gasteiger charge is 2.52. The average molecular weight is 311 g/mol. The second-order valence-electron chi connectivity index (χ2n) is 6.11. The molecule has 0 radical (unpaired) electrons. The van der Waals surface area contributed by atoms with Crippen LogP contribution < -0.4 is 0 Å². The molecule has 1 fully saturated rings. The molecular formula is C13H20F3NO4. The minimum Gasteiger partial charge on any atom is -0.481 e. The van der Waals surface area contributed by atoms with Gasteiger partial charge in [0.15, 0.2) is 0 Å². The van der Waals surface area contributed by atoms with E-state index in [2.05, 4.69) is 0 Å². The number of halogens is 3. The molecule has 21 heavy (non-hydrogen) atoms. The van der Waals surface area contributed by atoms with Gasteiger partial charge in [0.25, 0.3) is 0 Å². The predicted octanol–water partition coefficient (Wildman–Crippen LogP) is 3.18. The van der Waals surface area contributed by atoms with E-state index in [-0.39, 0.29) is 25.7 Å². The number of hydrogen-bond acceptors (Lipinski definition) is 3. The Kier molecular flexibility index (Phi) is 5.11. The third-order valence-electron chi connectivity index (χ3n) is 3.18. The molecule has 0 aromatic rings. The average Bonchev–Trinajstić information content (AvgIpc) is 2.66. The largest absolute Gasteiger partial charge is 0.481 e. The molecule has 1 N–H and O–H groups in total. The van der Waals surface area contributed by atoms with Crippen molar-refractivity contribution in [2.75, 3.05) is 0 Å². The molecule has 1 aliphatic heterocycles. The zero-order valence-electron chi connectivity index (χ0n) is 12.2. The molecule has 0 saturated carbocycles. The second-order valence-corrected chi connectivity index (χ2v) is 6.11. The summed E-state index contributed by atoms with van der Waals surface area (Å²) in [6.07, 6.45) is -5.99. The van der Waals surface area contributed by atoms with Crippen molar-refractivity contribution in [2.24, 2.45) is 0 Å². The van der Waals surface area contributed by atoms with Gasteiger partial charge >= 0.3 is 18.2 Å². The van der Waals surface area contributed by atoms with E-state index in [0.717, 1.165) is 0 Å². The molecule has 2 atom stereocenters. The number of hydrogen-bond donors (Lipinski definition) is 1. The fourth-order valence-electron chi connectivity index (χ4n) is 2.37. The smallest absolute Gasteiger partial charge is 0.411 e. The molecule has 5 nitrogen and oxygen atoms in total. The lowest BCUT2D eigenvalue weighted by Crippen LogP contribution is -2.50. The van der Waals surface area contributed by atoms with E-state index in [0.29, 0.717) is 4.90 Å². The van der Waals surface area contributed by atoms with Gasteiger partial charge in [0.2, 0.25) is 0 Å². The van der Waals surface area contributed by atoms with Gasteiger partial charge in [-0.1, -0.05) is 0 Å². The standard InChI is InChI=1S/C13H20F3NO4/c1-12(2,3)21-11(20)17-8(5-7-10(18)19)4-6-9(17)13(14,15)16/h8-9H,4-7H2,1-3H3,(H,18,19)/t8-,9+/m1/s1. The van der Waals surface area contributed by atoms with Crippen molar-refractivity contribution in [3.05, 3.63) is 0 Å². The Balaban J connectivity index is 2.90. The maximum Gasteiger partial charge on any atom is 0.411 e. The Morgan fingerprint density at radius 2 is 1.81 bits per heavy atom. The van der Waals surface area contributed by atoms with E-state index in [4.69, 9.17) is 9.84 Å². The number of carboxylic acids is 1. The summed E-state index contributed by atoms with van der Waals surface area (Å²) >= 11 is 0. The normalized spacial score (nSPS) is 23.2. The predicted molar refractivity (Wildman–Crippen MR) is 67.8 cm³/mol. The van der Waals surface area contributed by atoms with Crippen LogP contribution in [0.2, 0.25) is 0 Å². The van der Waals surface area contributed by atoms with Crippen LogP contribution in [0.15, 0.2) is 0 Å². The molecule has 1 rings (SSSR count). The minimum absolute atomic E-state index is 0.0127. The van der Waals surface area contributed by atoms with Crippen LogP contribution in [-0.4, -0.2) is 45.9 Å². The number of alkyl halides is 3. The third-order valence-corrected chi connectivity index (χ3v) is 3.18. The first-order valence-corrected chi connectivity index (χ1v) is 6.71. The Morgan fingerprint density at radius 3 is 2.24 bits per heavy atom. The lowest BCUT2D eigenvalue weighted by molar-refractivity contribution is -0.176. The van der Waals surface area contributed by atoms with Gasteiger partial charge in [-0.05, 0) is 40.0 Å². The summed E-state index contributed by atoms with van der Waals surface area (Å²) in [5.74, 6) is -1.10. The molecule has 0 aromatic carbocycles. The fraction of sp³-hybridized carbons (Fsp3) is 0.846. The lowest BCUT2D eigenvalue weighted by Gasteiger charge is -2.33. The van der Waals surface area contributed by atoms with Crippen molar-refractivity contribution in [1.82, 2.24) is 4.90 Å². The Labute approximate surface area is 121 Å². The quantitative estimate of drug-likeness (QED) is 0.869. The van der Waals surface area contributed by atoms with Gasteiger partial charge in [0.05, 0.1) is 0 Å². The SMILES string of the molecule is CC(C)(C)OC(=O)N1[C@@H](CCC(=O)O)CC[C@H]1C(F)(F)F. The molecule has 8 heteroatoms. The number of carbonyl (C=O) groups is 2. The van der Waals surface area contributed by atoms with Crippen LogP contribution in [0.25, 0.3) is 0 Å². The first-order valence-electron chi connectivity index (χ1n) is 6.71. The summed E-state index contributed by atoms with van der Waals surface area (Å²) in [7, 11) is 0. The van der Waals surface area contributed by atoms with Crippen LogP contribution >= 0.6 is 0 Å². The van der Waals surface area contributed by atoms with Crippen molar-refractivity contribution in [3.63, 3.8) is 0 Å². The highest BCUT2D eigenvalue weighted by molar-refractivity contribution is 5.70. The van der Waals surface area contributed by atoms with Crippen LogP contribution in [-0.2, 0) is 9.53 Å². The van der Waals surface area contributed by atoms with Crippen molar-refractivity contribution in [1.29, 1.82) is 0 Å². The topological polar surface area (TPSA) is 66.8 Å². The van der Waals surface area contributed by atoms with Gasteiger partial charge in [-0.15, -0.1) is 0 Å². The van der Waals surface area contributed by atoms with E-state index in [9.17, 15) is 22.8 Å². The molecule has 1 aliphatic rings. The summed E-state index contributed by atoms with van der Waals surface area (Å²) in [5.41, 5.74) is -0.910. The van der Waals surface area contributed by atoms with Crippen molar-refractivity contribution in [2.45, 2.75) is 70.3 Å². The van der Waals surface area contributed by atoms with Crippen LogP contribution in [0.4, 0.5) is 18.0 Å². The zero-order chi connectivity index (χ0) is 16.4. The molecule has 1 saturated heterocycles. The highest BCUT2D eigenvalue weighted by Crippen LogP contribution is 2.38. The number of amides is 1. The van der Waals surface area contributed by atoms with Gasteiger partial charge in [-0.25, -0.2) is 4.79 Å². The summed E-state index contributed by atoms with van der Waals surface area (Å²) < 4.78 is 44.1. The van der Waals surface area contributed by atoms with Gasteiger partial charge in [0.1, 0.15) is 11.6 Å². The van der Waals surface area contributed by atoms with Crippen molar-refractivity contribution >= 4 is 12.1 Å². The molecular weight excluding hydrogens is 291 g/mol. The maximum absolute atomic E-state index is 13.0. The van der Waals surface area contributed by atoms with Crippen LogP contribution in [0.5, 0.6) is 0 Å². The number of rotatable bonds is 3. The highest BCUT2D eigenvalue weighted by atomic mass is 19.4. The van der Waals surface area contributed by atoms with E-state index in [1.807, 2.05) is 0 Å². The van der Waals surface area contributed by atoms with Crippen molar-refractivity contribution < 1.29 is 32.6 Å². The summed E-state index contributed by atoms with van der Waals surface area (Å²) in [6, 6.07) is -2.67. The van der Waals surface area contributed by atoms with E-state index >= 15 is 0 Å². The van der Waals surface area contributed by atoms with Gasteiger partial charge in [-0.2, -0.15) is 13.2 Å². The van der Waals surface area contributed by atoms with Gasteiger partial charge in [0, 0.05) is 12.5 Å². The number of carbonyl (C=O) groups excluding carboxylic acids is 1. The molecule has 0 unspecified atom stereocenters. The van der Waals surface area contributed by atoms with E-state index < -0.39 is 35.9 Å². The molecule has 122 valence electrons. The van der Waals surface area contributed by atoms with Gasteiger partial charge in [-0.3, -0.25) is 9.69 Å². The lowest BCUT2D eigenvalue weighted by atomic mass is 10.1. The molecule has 0 spiro atoms. The number of ether oxygens (including phenoxy) is 1. The Morgan fingerprint density at radius 1 is 1.24 bits per heavy atom. The molecule has 0 aromatic heterocycles. The summed E-state index contributed by atoms with van der Waals surface area (Å²) in [6.45, 7) is 4.70. The second kappa shape index (κ2) is 6.11. The molecule has 1 amide bonds. The van der Waals surface area contributed by atoms with Crippen LogP contribution in [0.3, 0.4) is 0 Å². The summed E-state index contributed by atoms with van der Waals surface area (Å²) in [4.78, 5) is 23.3. The zero-order valence-corrected chi connectivity index (χ0v) is 12.2. The van der Waals surface area contributed by atoms with Crippen molar-refractivity contribution in [3.8, 4) is 0 Å². The first kappa shape index (κ1) is 17.6.